The fraction of sp³-hybridized carbons (Fsp3) is 0.125. The van der Waals surface area contributed by atoms with Crippen LogP contribution in [0.25, 0.3) is 0 Å². The molecule has 0 bridgehead atoms. The standard InChI is InChI=1S/C16H12Cl2N2O4/c17-13-5-1-11(2-6-13)9-23-15(21)19-20-16(22)24-10-12-3-7-14(18)8-4-12/h1-8H,9-10H2/b20-19+. The molecule has 2 aromatic carbocycles. The van der Waals surface area contributed by atoms with Gasteiger partial charge in [0.05, 0.1) is 0 Å². The van der Waals surface area contributed by atoms with Crippen LogP contribution in [0.2, 0.25) is 10.0 Å². The second-order valence-electron chi connectivity index (χ2n) is 4.56. The van der Waals surface area contributed by atoms with Crippen molar-refractivity contribution in [2.24, 2.45) is 10.2 Å². The zero-order chi connectivity index (χ0) is 17.4. The minimum absolute atomic E-state index is 0.00511. The third-order valence-corrected chi connectivity index (χ3v) is 3.27. The van der Waals surface area contributed by atoms with Crippen molar-refractivity contribution in [1.29, 1.82) is 0 Å². The molecule has 2 aromatic rings. The summed E-state index contributed by atoms with van der Waals surface area (Å²) in [5, 5.41) is 7.40. The van der Waals surface area contributed by atoms with Gasteiger partial charge in [0, 0.05) is 10.0 Å². The maximum absolute atomic E-state index is 11.4. The number of rotatable bonds is 4. The molecular formula is C16H12Cl2N2O4. The van der Waals surface area contributed by atoms with Gasteiger partial charge >= 0.3 is 12.2 Å². The number of carbonyl (C=O) groups is 2. The number of ether oxygens (including phenoxy) is 2. The summed E-state index contributed by atoms with van der Waals surface area (Å²) in [6, 6.07) is 13.5. The van der Waals surface area contributed by atoms with Crippen LogP contribution in [0.4, 0.5) is 9.59 Å². The van der Waals surface area contributed by atoms with E-state index < -0.39 is 12.2 Å². The SMILES string of the molecule is O=C(/N=N/C(=O)OCc1ccc(Cl)cc1)OCc1ccc(Cl)cc1. The van der Waals surface area contributed by atoms with Crippen molar-refractivity contribution < 1.29 is 19.1 Å². The molecule has 0 heterocycles. The molecule has 0 atom stereocenters. The van der Waals surface area contributed by atoms with E-state index in [4.69, 9.17) is 32.7 Å². The first-order valence-corrected chi connectivity index (χ1v) is 7.52. The van der Waals surface area contributed by atoms with Crippen molar-refractivity contribution in [1.82, 2.24) is 0 Å². The molecule has 0 N–H and O–H groups in total. The maximum atomic E-state index is 11.4. The highest BCUT2D eigenvalue weighted by Gasteiger charge is 2.05. The van der Waals surface area contributed by atoms with E-state index in [9.17, 15) is 9.59 Å². The molecule has 0 radical (unpaired) electrons. The quantitative estimate of drug-likeness (QED) is 0.676. The second kappa shape index (κ2) is 9.00. The molecular weight excluding hydrogens is 355 g/mol. The third kappa shape index (κ3) is 6.36. The summed E-state index contributed by atoms with van der Waals surface area (Å²) < 4.78 is 9.66. The molecule has 0 fully saturated rings. The lowest BCUT2D eigenvalue weighted by molar-refractivity contribution is 0.139. The van der Waals surface area contributed by atoms with Crippen LogP contribution < -0.4 is 0 Å². The van der Waals surface area contributed by atoms with Crippen LogP contribution in [0.15, 0.2) is 58.8 Å². The number of hydrogen-bond acceptors (Lipinski definition) is 4. The van der Waals surface area contributed by atoms with E-state index in [1.54, 1.807) is 48.5 Å². The number of carbonyl (C=O) groups excluding carboxylic acids is 2. The van der Waals surface area contributed by atoms with Crippen LogP contribution in [-0.4, -0.2) is 12.2 Å². The molecule has 2 rings (SSSR count). The Morgan fingerprint density at radius 3 is 1.38 bits per heavy atom. The monoisotopic (exact) mass is 366 g/mol. The van der Waals surface area contributed by atoms with Gasteiger partial charge in [-0.1, -0.05) is 57.7 Å². The van der Waals surface area contributed by atoms with Gasteiger partial charge in [-0.2, -0.15) is 0 Å². The molecule has 0 aliphatic heterocycles. The molecule has 0 unspecified atom stereocenters. The highest BCUT2D eigenvalue weighted by atomic mass is 35.5. The first kappa shape index (κ1) is 17.9. The van der Waals surface area contributed by atoms with Gasteiger partial charge in [0.1, 0.15) is 13.2 Å². The fourth-order valence-electron chi connectivity index (χ4n) is 1.59. The van der Waals surface area contributed by atoms with E-state index in [2.05, 4.69) is 10.2 Å². The summed E-state index contributed by atoms with van der Waals surface area (Å²) in [5.74, 6) is 0. The summed E-state index contributed by atoms with van der Waals surface area (Å²) in [6.07, 6.45) is -1.98. The van der Waals surface area contributed by atoms with Crippen molar-refractivity contribution >= 4 is 35.4 Å². The smallest absolute Gasteiger partial charge is 0.442 e. The number of amides is 2. The number of halogens is 2. The van der Waals surface area contributed by atoms with Crippen LogP contribution >= 0.6 is 23.2 Å². The van der Waals surface area contributed by atoms with Crippen LogP contribution in [-0.2, 0) is 22.7 Å². The summed E-state index contributed by atoms with van der Waals surface area (Å²) in [6.45, 7) is -0.0102. The number of hydrogen-bond donors (Lipinski definition) is 0. The minimum atomic E-state index is -0.992. The molecule has 2 amide bonds. The topological polar surface area (TPSA) is 77.3 Å². The predicted octanol–water partition coefficient (Wildman–Crippen LogP) is 5.42. The van der Waals surface area contributed by atoms with Gasteiger partial charge in [0.15, 0.2) is 0 Å². The summed E-state index contributed by atoms with van der Waals surface area (Å²) in [5.41, 5.74) is 1.46. The van der Waals surface area contributed by atoms with E-state index >= 15 is 0 Å². The van der Waals surface area contributed by atoms with Crippen molar-refractivity contribution in [3.05, 3.63) is 69.7 Å². The van der Waals surface area contributed by atoms with Gasteiger partial charge in [-0.3, -0.25) is 0 Å². The molecule has 0 saturated heterocycles. The Morgan fingerprint density at radius 2 is 1.04 bits per heavy atom. The van der Waals surface area contributed by atoms with Crippen LogP contribution in [0.1, 0.15) is 11.1 Å². The number of azo groups is 1. The molecule has 124 valence electrons. The largest absolute Gasteiger partial charge is 0.452 e. The summed E-state index contributed by atoms with van der Waals surface area (Å²) in [4.78, 5) is 22.7. The Hall–Kier alpha value is -2.44. The average molecular weight is 367 g/mol. The van der Waals surface area contributed by atoms with E-state index in [1.165, 1.54) is 0 Å². The van der Waals surface area contributed by atoms with Gasteiger partial charge in [0.2, 0.25) is 0 Å². The fourth-order valence-corrected chi connectivity index (χ4v) is 1.84. The van der Waals surface area contributed by atoms with Crippen molar-refractivity contribution in [2.45, 2.75) is 13.2 Å². The molecule has 0 saturated carbocycles. The van der Waals surface area contributed by atoms with Gasteiger partial charge in [-0.05, 0) is 35.4 Å². The Balaban J connectivity index is 1.73. The van der Waals surface area contributed by atoms with Crippen molar-refractivity contribution in [3.8, 4) is 0 Å². The Labute approximate surface area is 148 Å². The molecule has 6 nitrogen and oxygen atoms in total. The normalized spacial score (nSPS) is 10.6. The summed E-state index contributed by atoms with van der Waals surface area (Å²) in [7, 11) is 0. The lowest BCUT2D eigenvalue weighted by atomic mass is 10.2. The molecule has 0 aromatic heterocycles. The molecule has 0 aliphatic rings. The van der Waals surface area contributed by atoms with Gasteiger partial charge in [-0.25, -0.2) is 9.59 Å². The average Bonchev–Trinajstić information content (AvgIpc) is 2.59. The van der Waals surface area contributed by atoms with Crippen LogP contribution in [0.5, 0.6) is 0 Å². The first-order valence-electron chi connectivity index (χ1n) is 6.77. The highest BCUT2D eigenvalue weighted by molar-refractivity contribution is 6.30. The van der Waals surface area contributed by atoms with E-state index in [0.29, 0.717) is 10.0 Å². The van der Waals surface area contributed by atoms with Crippen molar-refractivity contribution in [2.75, 3.05) is 0 Å². The van der Waals surface area contributed by atoms with Crippen molar-refractivity contribution in [3.63, 3.8) is 0 Å². The lowest BCUT2D eigenvalue weighted by Crippen LogP contribution is -2.02. The molecule has 24 heavy (non-hydrogen) atoms. The Kier molecular flexibility index (Phi) is 6.72. The predicted molar refractivity (Wildman–Crippen MR) is 88.1 cm³/mol. The number of benzene rings is 2. The van der Waals surface area contributed by atoms with Gasteiger partial charge < -0.3 is 9.47 Å². The Morgan fingerprint density at radius 1 is 0.708 bits per heavy atom. The third-order valence-electron chi connectivity index (χ3n) is 2.76. The molecule has 8 heteroatoms. The van der Waals surface area contributed by atoms with E-state index in [-0.39, 0.29) is 13.2 Å². The van der Waals surface area contributed by atoms with Gasteiger partial charge in [-0.15, -0.1) is 0 Å². The van der Waals surface area contributed by atoms with Gasteiger partial charge in [0.25, 0.3) is 0 Å². The zero-order valence-electron chi connectivity index (χ0n) is 12.3. The highest BCUT2D eigenvalue weighted by Crippen LogP contribution is 2.11. The van der Waals surface area contributed by atoms with E-state index in [1.807, 2.05) is 0 Å². The number of nitrogens with zero attached hydrogens (tertiary/aromatic N) is 2. The Bertz CT molecular complexity index is 667. The minimum Gasteiger partial charge on any atom is -0.442 e. The first-order chi connectivity index (χ1) is 11.5. The second-order valence-corrected chi connectivity index (χ2v) is 5.43. The lowest BCUT2D eigenvalue weighted by Gasteiger charge is -2.02. The molecule has 0 spiro atoms. The molecule has 0 aliphatic carbocycles. The van der Waals surface area contributed by atoms with E-state index in [0.717, 1.165) is 11.1 Å². The maximum Gasteiger partial charge on any atom is 0.452 e. The summed E-state index contributed by atoms with van der Waals surface area (Å²) >= 11 is 11.5. The zero-order valence-corrected chi connectivity index (χ0v) is 13.8. The van der Waals surface area contributed by atoms with Crippen LogP contribution in [0.3, 0.4) is 0 Å². The van der Waals surface area contributed by atoms with Crippen LogP contribution in [0, 0.1) is 0 Å².